The lowest BCUT2D eigenvalue weighted by atomic mass is 10.2. The van der Waals surface area contributed by atoms with Gasteiger partial charge in [-0.05, 0) is 30.7 Å². The zero-order valence-electron chi connectivity index (χ0n) is 9.63. The Labute approximate surface area is 109 Å². The van der Waals surface area contributed by atoms with Gasteiger partial charge >= 0.3 is 0 Å². The average molecular weight is 299 g/mol. The zero-order valence-corrected chi connectivity index (χ0v) is 11.2. The highest BCUT2D eigenvalue weighted by atomic mass is 79.9. The second-order valence-corrected chi connectivity index (χ2v) is 4.46. The Hall–Kier alpha value is -1.36. The van der Waals surface area contributed by atoms with Crippen LogP contribution in [0.4, 0.5) is 0 Å². The normalized spacial score (nSPS) is 9.76. The molecule has 0 aliphatic heterocycles. The number of benzene rings is 1. The maximum absolute atomic E-state index is 11.6. The van der Waals surface area contributed by atoms with Crippen molar-refractivity contribution in [2.24, 2.45) is 0 Å². The fourth-order valence-electron chi connectivity index (χ4n) is 1.19. The zero-order chi connectivity index (χ0) is 12.7. The third-order valence-corrected chi connectivity index (χ3v) is 2.62. The fourth-order valence-corrected chi connectivity index (χ4v) is 1.46. The first kappa shape index (κ1) is 13.7. The molecule has 0 fully saturated rings. The molecular formula is C12H15BrN2O2. The molecule has 4 nitrogen and oxygen atoms in total. The van der Waals surface area contributed by atoms with Crippen LogP contribution in [0.5, 0.6) is 0 Å². The molecule has 0 spiro atoms. The van der Waals surface area contributed by atoms with Crippen molar-refractivity contribution in [3.05, 3.63) is 34.3 Å². The second-order valence-electron chi connectivity index (χ2n) is 3.54. The largest absolute Gasteiger partial charge is 0.355 e. The van der Waals surface area contributed by atoms with Gasteiger partial charge in [0.15, 0.2) is 0 Å². The van der Waals surface area contributed by atoms with Crippen molar-refractivity contribution in [3.63, 3.8) is 0 Å². The minimum absolute atomic E-state index is 0.00883. The van der Waals surface area contributed by atoms with Gasteiger partial charge in [-0.2, -0.15) is 0 Å². The van der Waals surface area contributed by atoms with E-state index in [1.54, 1.807) is 24.3 Å². The molecule has 0 aromatic heterocycles. The summed E-state index contributed by atoms with van der Waals surface area (Å²) in [5, 5.41) is 5.25. The van der Waals surface area contributed by atoms with E-state index in [4.69, 9.17) is 0 Å². The molecule has 2 N–H and O–H groups in total. The molecule has 0 unspecified atom stereocenters. The molecule has 0 aliphatic carbocycles. The van der Waals surface area contributed by atoms with E-state index in [1.807, 2.05) is 6.92 Å². The topological polar surface area (TPSA) is 58.2 Å². The summed E-state index contributed by atoms with van der Waals surface area (Å²) in [6.07, 6.45) is 0.881. The molecule has 0 radical (unpaired) electrons. The molecule has 0 heterocycles. The molecule has 17 heavy (non-hydrogen) atoms. The number of halogens is 1. The van der Waals surface area contributed by atoms with Crippen LogP contribution in [0.3, 0.4) is 0 Å². The molecule has 2 amide bonds. The predicted molar refractivity (Wildman–Crippen MR) is 69.8 cm³/mol. The van der Waals surface area contributed by atoms with Gasteiger partial charge in [0, 0.05) is 16.6 Å². The summed E-state index contributed by atoms with van der Waals surface area (Å²) in [6, 6.07) is 6.96. The van der Waals surface area contributed by atoms with Gasteiger partial charge in [0.05, 0.1) is 6.54 Å². The number of hydrogen-bond donors (Lipinski definition) is 2. The molecule has 0 saturated heterocycles. The predicted octanol–water partition coefficient (Wildman–Crippen LogP) is 1.71. The molecule has 0 atom stereocenters. The van der Waals surface area contributed by atoms with E-state index < -0.39 is 0 Å². The Morgan fingerprint density at radius 1 is 1.18 bits per heavy atom. The minimum atomic E-state index is -0.246. The summed E-state index contributed by atoms with van der Waals surface area (Å²) in [7, 11) is 0. The number of nitrogens with one attached hydrogen (secondary N) is 2. The standard InChI is InChI=1S/C12H15BrN2O2/c1-2-7-14-11(16)8-15-12(17)9-3-5-10(13)6-4-9/h3-6H,2,7-8H2,1H3,(H,14,16)(H,15,17). The Kier molecular flexibility index (Phi) is 5.69. The maximum Gasteiger partial charge on any atom is 0.251 e. The van der Waals surface area contributed by atoms with Gasteiger partial charge in [-0.25, -0.2) is 0 Å². The molecule has 0 saturated carbocycles. The number of carbonyl (C=O) groups is 2. The van der Waals surface area contributed by atoms with E-state index in [0.717, 1.165) is 10.9 Å². The Morgan fingerprint density at radius 3 is 2.41 bits per heavy atom. The van der Waals surface area contributed by atoms with Gasteiger partial charge in [-0.15, -0.1) is 0 Å². The molecule has 0 bridgehead atoms. The van der Waals surface area contributed by atoms with E-state index in [2.05, 4.69) is 26.6 Å². The Morgan fingerprint density at radius 2 is 1.82 bits per heavy atom. The quantitative estimate of drug-likeness (QED) is 0.869. The highest BCUT2D eigenvalue weighted by Gasteiger charge is 2.06. The first-order chi connectivity index (χ1) is 8.13. The van der Waals surface area contributed by atoms with Crippen LogP contribution in [0.2, 0.25) is 0 Å². The first-order valence-electron chi connectivity index (χ1n) is 5.44. The number of carbonyl (C=O) groups excluding carboxylic acids is 2. The van der Waals surface area contributed by atoms with Crippen molar-refractivity contribution < 1.29 is 9.59 Å². The third-order valence-electron chi connectivity index (χ3n) is 2.09. The van der Waals surface area contributed by atoms with Crippen LogP contribution in [-0.2, 0) is 4.79 Å². The van der Waals surface area contributed by atoms with Crippen molar-refractivity contribution >= 4 is 27.7 Å². The molecular weight excluding hydrogens is 284 g/mol. The van der Waals surface area contributed by atoms with Crippen molar-refractivity contribution in [1.29, 1.82) is 0 Å². The van der Waals surface area contributed by atoms with Gasteiger partial charge in [-0.1, -0.05) is 22.9 Å². The number of hydrogen-bond acceptors (Lipinski definition) is 2. The van der Waals surface area contributed by atoms with Crippen molar-refractivity contribution in [1.82, 2.24) is 10.6 Å². The van der Waals surface area contributed by atoms with Crippen LogP contribution < -0.4 is 10.6 Å². The van der Waals surface area contributed by atoms with Crippen LogP contribution in [0, 0.1) is 0 Å². The fraction of sp³-hybridized carbons (Fsp3) is 0.333. The van der Waals surface area contributed by atoms with Crippen molar-refractivity contribution in [2.75, 3.05) is 13.1 Å². The van der Waals surface area contributed by atoms with E-state index in [-0.39, 0.29) is 18.4 Å². The molecule has 1 aromatic carbocycles. The lowest BCUT2D eigenvalue weighted by Gasteiger charge is -2.06. The van der Waals surface area contributed by atoms with Crippen molar-refractivity contribution in [2.45, 2.75) is 13.3 Å². The van der Waals surface area contributed by atoms with Gasteiger partial charge in [0.2, 0.25) is 5.91 Å². The summed E-state index contributed by atoms with van der Waals surface area (Å²) >= 11 is 3.29. The minimum Gasteiger partial charge on any atom is -0.355 e. The molecule has 1 aromatic rings. The summed E-state index contributed by atoms with van der Waals surface area (Å²) in [4.78, 5) is 22.9. The molecule has 0 aliphatic rings. The Balaban J connectivity index is 2.39. The molecule has 1 rings (SSSR count). The summed E-state index contributed by atoms with van der Waals surface area (Å²) in [6.45, 7) is 2.61. The summed E-state index contributed by atoms with van der Waals surface area (Å²) in [5.41, 5.74) is 0.538. The van der Waals surface area contributed by atoms with E-state index in [9.17, 15) is 9.59 Å². The smallest absolute Gasteiger partial charge is 0.251 e. The third kappa shape index (κ3) is 4.99. The highest BCUT2D eigenvalue weighted by Crippen LogP contribution is 2.10. The van der Waals surface area contributed by atoms with Gasteiger partial charge in [-0.3, -0.25) is 9.59 Å². The lowest BCUT2D eigenvalue weighted by molar-refractivity contribution is -0.120. The molecule has 5 heteroatoms. The highest BCUT2D eigenvalue weighted by molar-refractivity contribution is 9.10. The number of amides is 2. The van der Waals surface area contributed by atoms with Gasteiger partial charge in [0.25, 0.3) is 5.91 Å². The SMILES string of the molecule is CCCNC(=O)CNC(=O)c1ccc(Br)cc1. The average Bonchev–Trinajstić information content (AvgIpc) is 2.34. The van der Waals surface area contributed by atoms with E-state index in [1.165, 1.54) is 0 Å². The summed E-state index contributed by atoms with van der Waals surface area (Å²) < 4.78 is 0.912. The first-order valence-corrected chi connectivity index (χ1v) is 6.23. The number of rotatable bonds is 5. The van der Waals surface area contributed by atoms with Crippen LogP contribution in [0.15, 0.2) is 28.7 Å². The van der Waals surface area contributed by atoms with Crippen LogP contribution in [0.1, 0.15) is 23.7 Å². The summed E-state index contributed by atoms with van der Waals surface area (Å²) in [5.74, 6) is -0.415. The lowest BCUT2D eigenvalue weighted by Crippen LogP contribution is -2.37. The van der Waals surface area contributed by atoms with Crippen molar-refractivity contribution in [3.8, 4) is 0 Å². The van der Waals surface area contributed by atoms with E-state index in [0.29, 0.717) is 12.1 Å². The van der Waals surface area contributed by atoms with Crippen LogP contribution in [-0.4, -0.2) is 24.9 Å². The second kappa shape index (κ2) is 7.06. The Bertz CT molecular complexity index is 390. The van der Waals surface area contributed by atoms with Crippen LogP contribution >= 0.6 is 15.9 Å². The van der Waals surface area contributed by atoms with Crippen LogP contribution in [0.25, 0.3) is 0 Å². The van der Waals surface area contributed by atoms with Gasteiger partial charge < -0.3 is 10.6 Å². The monoisotopic (exact) mass is 298 g/mol. The van der Waals surface area contributed by atoms with Gasteiger partial charge in [0.1, 0.15) is 0 Å². The maximum atomic E-state index is 11.6. The molecule has 92 valence electrons. The van der Waals surface area contributed by atoms with E-state index >= 15 is 0 Å².